The van der Waals surface area contributed by atoms with Crippen molar-refractivity contribution in [2.45, 2.75) is 61.0 Å². The Labute approximate surface area is 78.2 Å². The predicted molar refractivity (Wildman–Crippen MR) is 56.3 cm³/mol. The minimum atomic E-state index is -0.167. The van der Waals surface area contributed by atoms with Crippen molar-refractivity contribution < 1.29 is 5.11 Å². The topological polar surface area (TPSA) is 20.2 Å². The molecular formula is C11H26O. The first kappa shape index (κ1) is 14.5. The molecule has 0 aromatic carbocycles. The summed E-state index contributed by atoms with van der Waals surface area (Å²) in [5, 5.41) is 8.06. The van der Waals surface area contributed by atoms with Gasteiger partial charge in [-0.3, -0.25) is 0 Å². The van der Waals surface area contributed by atoms with Gasteiger partial charge in [-0.2, -0.15) is 0 Å². The number of aliphatic hydroxyl groups is 1. The van der Waals surface area contributed by atoms with Crippen molar-refractivity contribution in [3.63, 3.8) is 0 Å². The molecule has 0 aliphatic rings. The van der Waals surface area contributed by atoms with Crippen molar-refractivity contribution in [1.29, 1.82) is 0 Å². The van der Waals surface area contributed by atoms with Gasteiger partial charge in [-0.1, -0.05) is 34.6 Å². The van der Waals surface area contributed by atoms with Gasteiger partial charge >= 0.3 is 0 Å². The van der Waals surface area contributed by atoms with Crippen LogP contribution < -0.4 is 0 Å². The molecule has 0 aromatic rings. The summed E-state index contributed by atoms with van der Waals surface area (Å²) in [6.07, 6.45) is 1.16. The van der Waals surface area contributed by atoms with Gasteiger partial charge in [-0.25, -0.2) is 0 Å². The Morgan fingerprint density at radius 1 is 1.00 bits per heavy atom. The summed E-state index contributed by atoms with van der Waals surface area (Å²) in [6.45, 7) is 14.8. The standard InChI is InChI=1S/C8H18.C3H8O/c1-7(2)6-8(3,4)5;1-3(2)4/h7H,6H2,1-5H3;3-4H,1-2H3. The fraction of sp³-hybridized carbons (Fsp3) is 1.00. The molecular weight excluding hydrogens is 148 g/mol. The van der Waals surface area contributed by atoms with Gasteiger partial charge in [0.15, 0.2) is 0 Å². The highest BCUT2D eigenvalue weighted by Crippen LogP contribution is 2.23. The first-order chi connectivity index (χ1) is 5.15. The van der Waals surface area contributed by atoms with Crippen LogP contribution in [0.5, 0.6) is 0 Å². The zero-order valence-electron chi connectivity index (χ0n) is 9.81. The fourth-order valence-electron chi connectivity index (χ4n) is 1.22. The Morgan fingerprint density at radius 3 is 1.25 bits per heavy atom. The molecule has 0 bridgehead atoms. The minimum Gasteiger partial charge on any atom is -0.394 e. The SMILES string of the molecule is CC(C)CC(C)(C)C.CC(C)O. The molecule has 1 heteroatoms. The van der Waals surface area contributed by atoms with Crippen LogP contribution in [-0.2, 0) is 0 Å². The molecule has 0 aromatic heterocycles. The van der Waals surface area contributed by atoms with E-state index >= 15 is 0 Å². The van der Waals surface area contributed by atoms with Gasteiger partial charge in [0.2, 0.25) is 0 Å². The summed E-state index contributed by atoms with van der Waals surface area (Å²) < 4.78 is 0. The van der Waals surface area contributed by atoms with Gasteiger partial charge in [0.1, 0.15) is 0 Å². The number of hydrogen-bond acceptors (Lipinski definition) is 1. The van der Waals surface area contributed by atoms with Crippen molar-refractivity contribution >= 4 is 0 Å². The average molecular weight is 174 g/mol. The van der Waals surface area contributed by atoms with Crippen LogP contribution in [0.15, 0.2) is 0 Å². The molecule has 1 N–H and O–H groups in total. The molecule has 76 valence electrons. The maximum Gasteiger partial charge on any atom is 0.0483 e. The molecule has 0 heterocycles. The second-order valence-corrected chi connectivity index (χ2v) is 5.25. The van der Waals surface area contributed by atoms with E-state index in [1.165, 1.54) is 6.42 Å². The van der Waals surface area contributed by atoms with Crippen LogP contribution in [-0.4, -0.2) is 11.2 Å². The van der Waals surface area contributed by atoms with Crippen LogP contribution in [0.3, 0.4) is 0 Å². The van der Waals surface area contributed by atoms with E-state index in [-0.39, 0.29) is 6.10 Å². The summed E-state index contributed by atoms with van der Waals surface area (Å²) >= 11 is 0. The molecule has 0 aliphatic carbocycles. The highest BCUT2D eigenvalue weighted by atomic mass is 16.3. The summed E-state index contributed by atoms with van der Waals surface area (Å²) in [4.78, 5) is 0. The summed E-state index contributed by atoms with van der Waals surface area (Å²) in [6, 6.07) is 0. The maximum absolute atomic E-state index is 8.06. The lowest BCUT2D eigenvalue weighted by Crippen LogP contribution is -2.08. The Balaban J connectivity index is 0. The quantitative estimate of drug-likeness (QED) is 0.645. The Kier molecular flexibility index (Phi) is 7.81. The highest BCUT2D eigenvalue weighted by Gasteiger charge is 2.11. The lowest BCUT2D eigenvalue weighted by atomic mass is 9.86. The Bertz CT molecular complexity index is 84.9. The average Bonchev–Trinajstić information content (AvgIpc) is 1.52. The first-order valence-electron chi connectivity index (χ1n) is 4.83. The number of rotatable bonds is 1. The molecule has 0 spiro atoms. The molecule has 0 fully saturated rings. The second kappa shape index (κ2) is 6.47. The third-order valence-electron chi connectivity index (χ3n) is 1.02. The van der Waals surface area contributed by atoms with Crippen LogP contribution in [0.1, 0.15) is 54.9 Å². The molecule has 0 radical (unpaired) electrons. The van der Waals surface area contributed by atoms with E-state index in [1.807, 2.05) is 0 Å². The summed E-state index contributed by atoms with van der Waals surface area (Å²) in [5.74, 6) is 0.843. The molecule has 12 heavy (non-hydrogen) atoms. The van der Waals surface area contributed by atoms with Crippen molar-refractivity contribution in [1.82, 2.24) is 0 Å². The maximum atomic E-state index is 8.06. The fourth-order valence-corrected chi connectivity index (χ4v) is 1.22. The monoisotopic (exact) mass is 174 g/mol. The predicted octanol–water partition coefficient (Wildman–Crippen LogP) is 3.47. The normalized spacial score (nSPS) is 11.5. The molecule has 0 saturated carbocycles. The van der Waals surface area contributed by atoms with Gasteiger partial charge < -0.3 is 5.11 Å². The van der Waals surface area contributed by atoms with E-state index in [0.29, 0.717) is 5.41 Å². The van der Waals surface area contributed by atoms with Crippen molar-refractivity contribution in [3.8, 4) is 0 Å². The summed E-state index contributed by atoms with van der Waals surface area (Å²) in [7, 11) is 0. The van der Waals surface area contributed by atoms with Gasteiger partial charge in [0.05, 0.1) is 0 Å². The zero-order chi connectivity index (χ0) is 10.4. The number of aliphatic hydroxyl groups excluding tert-OH is 1. The number of hydrogen-bond donors (Lipinski definition) is 1. The summed E-state index contributed by atoms with van der Waals surface area (Å²) in [5.41, 5.74) is 0.522. The highest BCUT2D eigenvalue weighted by molar-refractivity contribution is 4.62. The lowest BCUT2D eigenvalue weighted by Gasteiger charge is -2.19. The van der Waals surface area contributed by atoms with Gasteiger partial charge in [0, 0.05) is 6.10 Å². The van der Waals surface area contributed by atoms with E-state index < -0.39 is 0 Å². The van der Waals surface area contributed by atoms with Crippen LogP contribution in [0.4, 0.5) is 0 Å². The molecule has 0 amide bonds. The smallest absolute Gasteiger partial charge is 0.0483 e. The minimum absolute atomic E-state index is 0.167. The van der Waals surface area contributed by atoms with E-state index in [9.17, 15) is 0 Å². The van der Waals surface area contributed by atoms with E-state index in [2.05, 4.69) is 34.6 Å². The van der Waals surface area contributed by atoms with Crippen LogP contribution >= 0.6 is 0 Å². The molecule has 1 nitrogen and oxygen atoms in total. The van der Waals surface area contributed by atoms with Crippen LogP contribution in [0, 0.1) is 11.3 Å². The Morgan fingerprint density at radius 2 is 1.25 bits per heavy atom. The van der Waals surface area contributed by atoms with Crippen LogP contribution in [0.2, 0.25) is 0 Å². The third-order valence-corrected chi connectivity index (χ3v) is 1.02. The molecule has 0 aliphatic heterocycles. The van der Waals surface area contributed by atoms with Gasteiger partial charge in [-0.05, 0) is 31.6 Å². The first-order valence-corrected chi connectivity index (χ1v) is 4.83. The zero-order valence-corrected chi connectivity index (χ0v) is 9.81. The van der Waals surface area contributed by atoms with E-state index in [4.69, 9.17) is 5.11 Å². The molecule has 0 atom stereocenters. The Hall–Kier alpha value is -0.0400. The van der Waals surface area contributed by atoms with Gasteiger partial charge in [-0.15, -0.1) is 0 Å². The molecule has 0 saturated heterocycles. The van der Waals surface area contributed by atoms with Crippen molar-refractivity contribution in [2.75, 3.05) is 0 Å². The van der Waals surface area contributed by atoms with E-state index in [1.54, 1.807) is 13.8 Å². The lowest BCUT2D eigenvalue weighted by molar-refractivity contribution is 0.216. The second-order valence-electron chi connectivity index (χ2n) is 5.25. The third kappa shape index (κ3) is 32.5. The van der Waals surface area contributed by atoms with Crippen molar-refractivity contribution in [2.24, 2.45) is 11.3 Å². The van der Waals surface area contributed by atoms with E-state index in [0.717, 1.165) is 5.92 Å². The largest absolute Gasteiger partial charge is 0.394 e. The van der Waals surface area contributed by atoms with Gasteiger partial charge in [0.25, 0.3) is 0 Å². The molecule has 0 rings (SSSR count). The van der Waals surface area contributed by atoms with Crippen LogP contribution in [0.25, 0.3) is 0 Å². The molecule has 0 unspecified atom stereocenters. The van der Waals surface area contributed by atoms with Crippen molar-refractivity contribution in [3.05, 3.63) is 0 Å².